The Morgan fingerprint density at radius 2 is 1.50 bits per heavy atom. The number of nitro groups is 1. The van der Waals surface area contributed by atoms with Crippen LogP contribution in [0.5, 0.6) is 5.75 Å². The van der Waals surface area contributed by atoms with E-state index in [0.717, 1.165) is 38.2 Å². The second-order valence-electron chi connectivity index (χ2n) is 15.8. The molecule has 0 saturated heterocycles. The normalized spacial score (nSPS) is 14.2. The van der Waals surface area contributed by atoms with E-state index in [-0.39, 0.29) is 93.6 Å². The quantitative estimate of drug-likeness (QED) is 0.0138. The Bertz CT molecular complexity index is 1990. The lowest BCUT2D eigenvalue weighted by Crippen LogP contribution is -2.54. The molecule has 1 unspecified atom stereocenters. The molecule has 22 nitrogen and oxygen atoms in total. The molecule has 8 N–H and O–H groups in total. The Balaban J connectivity index is 1.34. The molecule has 0 bridgehead atoms. The number of carbonyl (C=O) groups excluding carboxylic acids is 5. The number of non-ortho nitro benzene ring substituents is 1. The van der Waals surface area contributed by atoms with Crippen LogP contribution in [0, 0.1) is 27.9 Å². The molecular formula is C46H65N7O15. The highest BCUT2D eigenvalue weighted by Gasteiger charge is 2.29. The van der Waals surface area contributed by atoms with Gasteiger partial charge >= 0.3 is 12.2 Å². The summed E-state index contributed by atoms with van der Waals surface area (Å²) in [7, 11) is 0. The van der Waals surface area contributed by atoms with Crippen LogP contribution in [0.2, 0.25) is 0 Å². The van der Waals surface area contributed by atoms with Crippen LogP contribution < -0.4 is 37.1 Å². The Kier molecular flexibility index (Phi) is 26.6. The zero-order valence-electron chi connectivity index (χ0n) is 38.7. The predicted octanol–water partition coefficient (Wildman–Crippen LogP) is 3.18. The van der Waals surface area contributed by atoms with E-state index in [9.17, 15) is 38.9 Å². The lowest BCUT2D eigenvalue weighted by atomic mass is 10.0. The van der Waals surface area contributed by atoms with Crippen molar-refractivity contribution >= 4 is 47.2 Å². The van der Waals surface area contributed by atoms with Crippen molar-refractivity contribution in [1.29, 1.82) is 0 Å². The fourth-order valence-electron chi connectivity index (χ4n) is 6.51. The van der Waals surface area contributed by atoms with Crippen molar-refractivity contribution < 1.29 is 67.2 Å². The first kappa shape index (κ1) is 55.9. The van der Waals surface area contributed by atoms with Crippen LogP contribution in [0.25, 0.3) is 0 Å². The number of primary amides is 1. The van der Waals surface area contributed by atoms with Gasteiger partial charge in [0.1, 0.15) is 30.5 Å². The van der Waals surface area contributed by atoms with Crippen molar-refractivity contribution in [2.24, 2.45) is 11.7 Å². The maximum atomic E-state index is 13.5. The van der Waals surface area contributed by atoms with Gasteiger partial charge in [-0.05, 0) is 61.8 Å². The van der Waals surface area contributed by atoms with Crippen molar-refractivity contribution in [3.63, 3.8) is 0 Å². The maximum Gasteiger partial charge on any atom is 0.511 e. The number of hydrogen-bond donors (Lipinski definition) is 7. The van der Waals surface area contributed by atoms with Crippen LogP contribution >= 0.6 is 0 Å². The van der Waals surface area contributed by atoms with Crippen molar-refractivity contribution in [3.8, 4) is 17.6 Å². The monoisotopic (exact) mass is 955 g/mol. The Morgan fingerprint density at radius 1 is 0.824 bits per heavy atom. The first-order valence-electron chi connectivity index (χ1n) is 22.6. The Hall–Kier alpha value is -6.38. The topological polar surface area (TPSA) is 307 Å². The average Bonchev–Trinajstić information content (AvgIpc) is 3.28. The maximum absolute atomic E-state index is 13.5. The molecule has 3 atom stereocenters. The van der Waals surface area contributed by atoms with Crippen LogP contribution in [0.15, 0.2) is 42.5 Å². The van der Waals surface area contributed by atoms with Gasteiger partial charge in [-0.1, -0.05) is 38.3 Å². The van der Waals surface area contributed by atoms with Gasteiger partial charge in [0.2, 0.25) is 23.6 Å². The molecule has 2 aromatic carbocycles. The number of nitrogens with one attached hydrogen (secondary N) is 5. The third-order valence-electron chi connectivity index (χ3n) is 10.0. The summed E-state index contributed by atoms with van der Waals surface area (Å²) in [6.45, 7) is 6.20. The van der Waals surface area contributed by atoms with E-state index in [0.29, 0.717) is 50.8 Å². The first-order valence-corrected chi connectivity index (χ1v) is 22.6. The summed E-state index contributed by atoms with van der Waals surface area (Å²) in [6.07, 6.45) is 3.62. The van der Waals surface area contributed by atoms with E-state index in [4.69, 9.17) is 39.3 Å². The van der Waals surface area contributed by atoms with E-state index < -0.39 is 46.9 Å². The van der Waals surface area contributed by atoms with Crippen LogP contribution in [-0.2, 0) is 49.3 Å². The highest BCUT2D eigenvalue weighted by Crippen LogP contribution is 2.27. The number of urea groups is 1. The summed E-state index contributed by atoms with van der Waals surface area (Å²) in [4.78, 5) is 85.0. The van der Waals surface area contributed by atoms with E-state index in [2.05, 4.69) is 38.4 Å². The van der Waals surface area contributed by atoms with Gasteiger partial charge in [-0.3, -0.25) is 29.3 Å². The van der Waals surface area contributed by atoms with E-state index in [1.165, 1.54) is 12.1 Å². The predicted molar refractivity (Wildman–Crippen MR) is 247 cm³/mol. The standard InChI is InChI=1S/C46H65N7O15/c1-32(2)42(52-40(54)18-21-63-23-25-65-27-28-66-26-24-64-22-20-48-41(55)31-67-37-9-6-4-3-5-7-10-37)44(57)51-38(11-8-19-49-45(47)58)43(56)50-35-14-12-33(13-15-35)29-34-30-36(53(61)62)16-17-39(34)68-46(59)60/h12-17,30,32,37-38,42H,3-6,8-9,11,18-29,31H2,1-2H3,(H,48,55)(H,50,56)(H,51,57)(H,52,54)(H,59,60)(H3,47,49,58)/t37?,38-,42-/m0/s1. The van der Waals surface area contributed by atoms with Gasteiger partial charge in [0, 0.05) is 55.7 Å². The molecule has 0 aliphatic heterocycles. The van der Waals surface area contributed by atoms with Gasteiger partial charge in [0.05, 0.1) is 57.8 Å². The fraction of sp³-hybridized carbons (Fsp3) is 0.565. The van der Waals surface area contributed by atoms with Crippen molar-refractivity contribution in [2.75, 3.05) is 77.9 Å². The number of carbonyl (C=O) groups is 6. The van der Waals surface area contributed by atoms with E-state index in [1.807, 2.05) is 0 Å². The third kappa shape index (κ3) is 23.9. The van der Waals surface area contributed by atoms with Gasteiger partial charge in [0.25, 0.3) is 5.69 Å². The largest absolute Gasteiger partial charge is 0.511 e. The highest BCUT2D eigenvalue weighted by molar-refractivity contribution is 5.98. The Morgan fingerprint density at radius 3 is 2.15 bits per heavy atom. The van der Waals surface area contributed by atoms with Gasteiger partial charge in [-0.2, -0.15) is 0 Å². The van der Waals surface area contributed by atoms with Crippen LogP contribution in [0.3, 0.4) is 0 Å². The van der Waals surface area contributed by atoms with Crippen molar-refractivity contribution in [2.45, 2.75) is 89.8 Å². The van der Waals surface area contributed by atoms with E-state index in [1.54, 1.807) is 38.1 Å². The molecule has 0 saturated carbocycles. The van der Waals surface area contributed by atoms with Crippen molar-refractivity contribution in [3.05, 3.63) is 63.7 Å². The number of ether oxygens (including phenoxy) is 6. The zero-order valence-corrected chi connectivity index (χ0v) is 38.7. The summed E-state index contributed by atoms with van der Waals surface area (Å²) in [5.41, 5.74) is 6.14. The summed E-state index contributed by atoms with van der Waals surface area (Å²) in [6, 6.07) is 7.09. The van der Waals surface area contributed by atoms with Crippen LogP contribution in [-0.4, -0.2) is 137 Å². The van der Waals surface area contributed by atoms with Crippen LogP contribution in [0.4, 0.5) is 21.0 Å². The third-order valence-corrected chi connectivity index (χ3v) is 10.0. The lowest BCUT2D eigenvalue weighted by molar-refractivity contribution is -0.384. The average molecular weight is 956 g/mol. The molecule has 22 heteroatoms. The molecule has 3 rings (SSSR count). The molecule has 6 amide bonds. The van der Waals surface area contributed by atoms with E-state index >= 15 is 0 Å². The molecule has 0 radical (unpaired) electrons. The Labute approximate surface area is 395 Å². The first-order chi connectivity index (χ1) is 32.7. The number of rotatable bonds is 32. The lowest BCUT2D eigenvalue weighted by Gasteiger charge is -2.25. The molecule has 1 aliphatic carbocycles. The van der Waals surface area contributed by atoms with Crippen molar-refractivity contribution in [1.82, 2.24) is 21.3 Å². The van der Waals surface area contributed by atoms with Gasteiger partial charge in [-0.25, -0.2) is 9.59 Å². The SMILES string of the molecule is CC(C)[C@H](NC(=O)CCOCCOCCOCCOCCNC(=O)COC1C#CCCCCC1)C(=O)N[C@@H](CCCNC(N)=O)C(=O)Nc1ccc(Cc2cc([N+](=O)[O-])ccc2OC(=O)O)cc1. The molecular weight excluding hydrogens is 891 g/mol. The second kappa shape index (κ2) is 32.3. The molecule has 68 heavy (non-hydrogen) atoms. The minimum Gasteiger partial charge on any atom is -0.449 e. The number of nitro benzene ring substituents is 1. The molecule has 2 aromatic rings. The van der Waals surface area contributed by atoms with Crippen LogP contribution in [0.1, 0.15) is 76.3 Å². The van der Waals surface area contributed by atoms with Gasteiger partial charge in [0.15, 0.2) is 0 Å². The number of hydrogen-bond acceptors (Lipinski definition) is 14. The molecule has 0 aromatic heterocycles. The molecule has 0 fully saturated rings. The van der Waals surface area contributed by atoms with Gasteiger partial charge < -0.3 is 65.8 Å². The number of carboxylic acid groups (broad SMARTS) is 1. The second-order valence-corrected chi connectivity index (χ2v) is 15.8. The summed E-state index contributed by atoms with van der Waals surface area (Å²) in [5, 5.41) is 33.8. The number of nitrogens with zero attached hydrogens (tertiary/aromatic N) is 1. The number of amides is 6. The highest BCUT2D eigenvalue weighted by atomic mass is 16.7. The number of anilines is 1. The molecule has 374 valence electrons. The summed E-state index contributed by atoms with van der Waals surface area (Å²) < 4.78 is 32.4. The smallest absolute Gasteiger partial charge is 0.449 e. The zero-order chi connectivity index (χ0) is 49.5. The summed E-state index contributed by atoms with van der Waals surface area (Å²) >= 11 is 0. The molecule has 0 heterocycles. The number of nitrogens with two attached hydrogens (primary N) is 1. The van der Waals surface area contributed by atoms with Gasteiger partial charge in [-0.15, -0.1) is 5.92 Å². The summed E-state index contributed by atoms with van der Waals surface area (Å²) in [5.74, 6) is 3.89. The number of benzene rings is 2. The minimum absolute atomic E-state index is 0.0305. The molecule has 0 spiro atoms. The fourth-order valence-corrected chi connectivity index (χ4v) is 6.51. The molecule has 1 aliphatic rings. The minimum atomic E-state index is -1.58.